The van der Waals surface area contributed by atoms with Crippen molar-refractivity contribution in [1.29, 1.82) is 0 Å². The Morgan fingerprint density at radius 3 is 2.68 bits per heavy atom. The van der Waals surface area contributed by atoms with Gasteiger partial charge >= 0.3 is 5.97 Å². The van der Waals surface area contributed by atoms with Crippen molar-refractivity contribution in [3.05, 3.63) is 34.9 Å². The van der Waals surface area contributed by atoms with Crippen LogP contribution in [0.4, 0.5) is 0 Å². The molecule has 1 saturated carbocycles. The maximum absolute atomic E-state index is 12.5. The van der Waals surface area contributed by atoms with Gasteiger partial charge in [-0.3, -0.25) is 9.59 Å². The molecule has 118 valence electrons. The van der Waals surface area contributed by atoms with E-state index in [1.165, 1.54) is 0 Å². The van der Waals surface area contributed by atoms with Gasteiger partial charge in [0.15, 0.2) is 0 Å². The topological polar surface area (TPSA) is 66.8 Å². The van der Waals surface area contributed by atoms with E-state index >= 15 is 0 Å². The van der Waals surface area contributed by atoms with Crippen molar-refractivity contribution in [2.75, 3.05) is 13.2 Å². The molecule has 22 heavy (non-hydrogen) atoms. The fourth-order valence-corrected chi connectivity index (χ4v) is 3.20. The molecule has 1 aromatic carbocycles. The van der Waals surface area contributed by atoms with Gasteiger partial charge in [-0.05, 0) is 19.4 Å². The SMILES string of the molecule is CC1COC(c2ccccc2Cl)CN1C(=O)C1CC1C(=O)O. The van der Waals surface area contributed by atoms with E-state index < -0.39 is 11.9 Å². The fraction of sp³-hybridized carbons (Fsp3) is 0.500. The molecule has 0 bridgehead atoms. The molecule has 1 aliphatic carbocycles. The van der Waals surface area contributed by atoms with E-state index in [4.69, 9.17) is 21.4 Å². The molecular formula is C16H18ClNO4. The zero-order chi connectivity index (χ0) is 15.9. The lowest BCUT2D eigenvalue weighted by Crippen LogP contribution is -2.49. The molecule has 4 atom stereocenters. The molecule has 0 radical (unpaired) electrons. The second-order valence-corrected chi connectivity index (χ2v) is 6.38. The van der Waals surface area contributed by atoms with Gasteiger partial charge in [-0.2, -0.15) is 0 Å². The molecule has 4 unspecified atom stereocenters. The number of nitrogens with zero attached hydrogens (tertiary/aromatic N) is 1. The number of carbonyl (C=O) groups is 2. The number of halogens is 1. The summed E-state index contributed by atoms with van der Waals surface area (Å²) in [5, 5.41) is 9.61. The minimum atomic E-state index is -0.887. The minimum absolute atomic E-state index is 0.0544. The molecule has 0 aromatic heterocycles. The molecular weight excluding hydrogens is 306 g/mol. The van der Waals surface area contributed by atoms with Crippen LogP contribution in [0.1, 0.15) is 25.0 Å². The van der Waals surface area contributed by atoms with Crippen LogP contribution in [-0.4, -0.2) is 41.1 Å². The monoisotopic (exact) mass is 323 g/mol. The number of benzene rings is 1. The third-order valence-electron chi connectivity index (χ3n) is 4.39. The highest BCUT2D eigenvalue weighted by Crippen LogP contribution is 2.41. The summed E-state index contributed by atoms with van der Waals surface area (Å²) in [6.07, 6.45) is 0.172. The first-order valence-corrected chi connectivity index (χ1v) is 7.76. The first-order valence-electron chi connectivity index (χ1n) is 7.38. The fourth-order valence-electron chi connectivity index (χ4n) is 2.94. The summed E-state index contributed by atoms with van der Waals surface area (Å²) in [6.45, 7) is 2.75. The van der Waals surface area contributed by atoms with E-state index in [0.717, 1.165) is 5.56 Å². The van der Waals surface area contributed by atoms with Gasteiger partial charge in [-0.15, -0.1) is 0 Å². The lowest BCUT2D eigenvalue weighted by atomic mass is 10.1. The second kappa shape index (κ2) is 5.89. The van der Waals surface area contributed by atoms with Gasteiger partial charge in [0.1, 0.15) is 6.10 Å². The highest BCUT2D eigenvalue weighted by atomic mass is 35.5. The van der Waals surface area contributed by atoms with Crippen molar-refractivity contribution >= 4 is 23.5 Å². The first-order chi connectivity index (χ1) is 10.5. The summed E-state index contributed by atoms with van der Waals surface area (Å²) in [7, 11) is 0. The van der Waals surface area contributed by atoms with Gasteiger partial charge in [0.2, 0.25) is 5.91 Å². The van der Waals surface area contributed by atoms with Gasteiger partial charge in [0.05, 0.1) is 31.0 Å². The highest BCUT2D eigenvalue weighted by molar-refractivity contribution is 6.31. The van der Waals surface area contributed by atoms with Gasteiger partial charge in [-0.25, -0.2) is 0 Å². The normalized spacial score (nSPS) is 30.9. The maximum Gasteiger partial charge on any atom is 0.307 e. The number of morpholine rings is 1. The Morgan fingerprint density at radius 2 is 2.05 bits per heavy atom. The number of ether oxygens (including phenoxy) is 1. The van der Waals surface area contributed by atoms with Crippen LogP contribution in [0.2, 0.25) is 5.02 Å². The number of carboxylic acids is 1. The number of amides is 1. The molecule has 6 heteroatoms. The van der Waals surface area contributed by atoms with Crippen LogP contribution in [0.3, 0.4) is 0 Å². The molecule has 1 aromatic rings. The number of carbonyl (C=O) groups excluding carboxylic acids is 1. The molecule has 1 heterocycles. The summed E-state index contributed by atoms with van der Waals surface area (Å²) < 4.78 is 5.82. The van der Waals surface area contributed by atoms with Crippen LogP contribution < -0.4 is 0 Å². The van der Waals surface area contributed by atoms with Crippen LogP contribution in [-0.2, 0) is 14.3 Å². The van der Waals surface area contributed by atoms with Gasteiger partial charge in [0.25, 0.3) is 0 Å². The minimum Gasteiger partial charge on any atom is -0.481 e. The van der Waals surface area contributed by atoms with Crippen LogP contribution in [0.25, 0.3) is 0 Å². The van der Waals surface area contributed by atoms with E-state index in [0.29, 0.717) is 24.6 Å². The zero-order valence-electron chi connectivity index (χ0n) is 12.2. The molecule has 1 aliphatic heterocycles. The van der Waals surface area contributed by atoms with Crippen molar-refractivity contribution in [1.82, 2.24) is 4.90 Å². The Balaban J connectivity index is 1.73. The van der Waals surface area contributed by atoms with Gasteiger partial charge in [-0.1, -0.05) is 29.8 Å². The number of rotatable bonds is 3. The predicted octanol–water partition coefficient (Wildman–Crippen LogP) is 2.35. The molecule has 0 spiro atoms. The van der Waals surface area contributed by atoms with Gasteiger partial charge < -0.3 is 14.7 Å². The second-order valence-electron chi connectivity index (χ2n) is 5.97. The van der Waals surface area contributed by atoms with Crippen molar-refractivity contribution in [2.24, 2.45) is 11.8 Å². The van der Waals surface area contributed by atoms with E-state index in [9.17, 15) is 9.59 Å². The molecule has 2 aliphatic rings. The van der Waals surface area contributed by atoms with Gasteiger partial charge in [0, 0.05) is 10.6 Å². The van der Waals surface area contributed by atoms with Crippen LogP contribution >= 0.6 is 11.6 Å². The summed E-state index contributed by atoms with van der Waals surface area (Å²) in [5.74, 6) is -1.88. The predicted molar refractivity (Wildman–Crippen MR) is 80.6 cm³/mol. The Hall–Kier alpha value is -1.59. The van der Waals surface area contributed by atoms with E-state index in [2.05, 4.69) is 0 Å². The van der Waals surface area contributed by atoms with E-state index in [1.54, 1.807) is 11.0 Å². The summed E-state index contributed by atoms with van der Waals surface area (Å²) in [4.78, 5) is 25.2. The van der Waals surface area contributed by atoms with Crippen LogP contribution in [0.5, 0.6) is 0 Å². The lowest BCUT2D eigenvalue weighted by Gasteiger charge is -2.38. The molecule has 5 nitrogen and oxygen atoms in total. The smallest absolute Gasteiger partial charge is 0.307 e. The molecule has 1 amide bonds. The van der Waals surface area contributed by atoms with E-state index in [1.807, 2.05) is 25.1 Å². The molecule has 1 N–H and O–H groups in total. The van der Waals surface area contributed by atoms with Crippen LogP contribution in [0.15, 0.2) is 24.3 Å². The molecule has 3 rings (SSSR count). The van der Waals surface area contributed by atoms with Crippen molar-refractivity contribution < 1.29 is 19.4 Å². The lowest BCUT2D eigenvalue weighted by molar-refractivity contribution is -0.149. The third-order valence-corrected chi connectivity index (χ3v) is 4.74. The Kier molecular flexibility index (Phi) is 4.10. The Labute approximate surface area is 133 Å². The zero-order valence-corrected chi connectivity index (χ0v) is 13.0. The average Bonchev–Trinajstić information content (AvgIpc) is 3.28. The maximum atomic E-state index is 12.5. The third kappa shape index (κ3) is 2.83. The van der Waals surface area contributed by atoms with Crippen molar-refractivity contribution in [3.8, 4) is 0 Å². The summed E-state index contributed by atoms with van der Waals surface area (Å²) in [6, 6.07) is 7.37. The largest absolute Gasteiger partial charge is 0.481 e. The highest BCUT2D eigenvalue weighted by Gasteiger charge is 2.51. The number of carboxylic acid groups (broad SMARTS) is 1. The van der Waals surface area contributed by atoms with Crippen LogP contribution in [0, 0.1) is 11.8 Å². The number of hydrogen-bond donors (Lipinski definition) is 1. The Morgan fingerprint density at radius 1 is 1.32 bits per heavy atom. The van der Waals surface area contributed by atoms with E-state index in [-0.39, 0.29) is 24.0 Å². The molecule has 1 saturated heterocycles. The van der Waals surface area contributed by atoms with Crippen molar-refractivity contribution in [3.63, 3.8) is 0 Å². The Bertz CT molecular complexity index is 606. The summed E-state index contributed by atoms with van der Waals surface area (Å²) in [5.41, 5.74) is 0.861. The first kappa shape index (κ1) is 15.3. The molecule has 2 fully saturated rings. The number of hydrogen-bond acceptors (Lipinski definition) is 3. The average molecular weight is 324 g/mol. The number of aliphatic carboxylic acids is 1. The quantitative estimate of drug-likeness (QED) is 0.927. The summed E-state index contributed by atoms with van der Waals surface area (Å²) >= 11 is 6.20. The van der Waals surface area contributed by atoms with Crippen molar-refractivity contribution in [2.45, 2.75) is 25.5 Å². The standard InChI is InChI=1S/C16H18ClNO4/c1-9-8-22-14(10-4-2-3-5-13(10)17)7-18(9)15(19)11-6-12(11)16(20)21/h2-5,9,11-12,14H,6-8H2,1H3,(H,20,21).